The average molecular weight is 538 g/mol. The molecule has 2 aliphatic rings. The van der Waals surface area contributed by atoms with E-state index in [0.29, 0.717) is 5.69 Å². The molecule has 1 unspecified atom stereocenters. The van der Waals surface area contributed by atoms with Crippen LogP contribution in [0.25, 0.3) is 10.9 Å². The number of rotatable bonds is 5. The number of nitrogens with one attached hydrogen (secondary N) is 2. The van der Waals surface area contributed by atoms with Crippen molar-refractivity contribution >= 4 is 34.3 Å². The number of fused-ring (bicyclic) bond motifs is 3. The van der Waals surface area contributed by atoms with Crippen LogP contribution in [-0.4, -0.2) is 58.2 Å². The molecule has 1 saturated heterocycles. The van der Waals surface area contributed by atoms with E-state index >= 15 is 0 Å². The molecule has 1 fully saturated rings. The zero-order valence-corrected chi connectivity index (χ0v) is 21.5. The number of para-hydroxylation sites is 1. The Balaban J connectivity index is 1.47. The highest BCUT2D eigenvalue weighted by atomic mass is 19.2. The predicted octanol–water partition coefficient (Wildman–Crippen LogP) is 4.09. The fourth-order valence-electron chi connectivity index (χ4n) is 5.68. The number of halogens is 3. The Morgan fingerprint density at radius 2 is 1.92 bits per heavy atom. The molecule has 3 amide bonds. The van der Waals surface area contributed by atoms with Crippen molar-refractivity contribution in [2.45, 2.75) is 44.2 Å². The highest BCUT2D eigenvalue weighted by Crippen LogP contribution is 2.46. The molecular weight excluding hydrogens is 511 g/mol. The Morgan fingerprint density at radius 3 is 2.62 bits per heavy atom. The van der Waals surface area contributed by atoms with Crippen LogP contribution in [0.5, 0.6) is 0 Å². The number of likely N-dealkylation sites (tertiary alicyclic amines) is 1. The van der Waals surface area contributed by atoms with Crippen molar-refractivity contribution in [1.82, 2.24) is 14.8 Å². The second-order valence-corrected chi connectivity index (χ2v) is 10.6. The Kier molecular flexibility index (Phi) is 6.37. The second kappa shape index (κ2) is 9.45. The summed E-state index contributed by atoms with van der Waals surface area (Å²) in [6.07, 6.45) is 0.353. The number of carbonyl (C=O) groups excluding carboxylic acids is 3. The maximum atomic E-state index is 14.3. The lowest BCUT2D eigenvalue weighted by molar-refractivity contribution is -0.136. The zero-order chi connectivity index (χ0) is 28.2. The number of aromatic nitrogens is 1. The molecule has 5 rings (SSSR count). The summed E-state index contributed by atoms with van der Waals surface area (Å²) in [5.74, 6) is -6.02. The smallest absolute Gasteiger partial charge is 0.270 e. The molecule has 0 saturated carbocycles. The molecule has 11 heteroatoms. The summed E-state index contributed by atoms with van der Waals surface area (Å²) in [4.78, 5) is 45.6. The second-order valence-electron chi connectivity index (χ2n) is 10.6. The average Bonchev–Trinajstić information content (AvgIpc) is 3.59. The summed E-state index contributed by atoms with van der Waals surface area (Å²) in [6, 6.07) is 9.35. The van der Waals surface area contributed by atoms with Crippen LogP contribution >= 0.6 is 0 Å². The van der Waals surface area contributed by atoms with Gasteiger partial charge in [0.15, 0.2) is 17.5 Å². The van der Waals surface area contributed by atoms with Gasteiger partial charge in [0.25, 0.3) is 5.91 Å². The molecular formula is C28H26F3N5O3. The predicted molar refractivity (Wildman–Crippen MR) is 136 cm³/mol. The highest BCUT2D eigenvalue weighted by molar-refractivity contribution is 6.07. The summed E-state index contributed by atoms with van der Waals surface area (Å²) in [5.41, 5.74) is -0.250. The number of aromatic amines is 1. The third kappa shape index (κ3) is 4.11. The van der Waals surface area contributed by atoms with Gasteiger partial charge < -0.3 is 20.1 Å². The van der Waals surface area contributed by atoms with Gasteiger partial charge in [0.05, 0.1) is 17.0 Å². The third-order valence-corrected chi connectivity index (χ3v) is 7.67. The van der Waals surface area contributed by atoms with Crippen molar-refractivity contribution in [1.29, 1.82) is 5.26 Å². The molecule has 0 aliphatic carbocycles. The zero-order valence-electron chi connectivity index (χ0n) is 21.5. The molecule has 0 bridgehead atoms. The van der Waals surface area contributed by atoms with Gasteiger partial charge in [-0.25, -0.2) is 13.2 Å². The van der Waals surface area contributed by atoms with Gasteiger partial charge in [-0.2, -0.15) is 5.26 Å². The summed E-state index contributed by atoms with van der Waals surface area (Å²) in [6.45, 7) is 3.71. The van der Waals surface area contributed by atoms with Crippen LogP contribution in [0.4, 0.5) is 18.9 Å². The lowest BCUT2D eigenvalue weighted by atomic mass is 9.80. The van der Waals surface area contributed by atoms with Gasteiger partial charge in [-0.1, -0.05) is 32.0 Å². The molecule has 2 N–H and O–H groups in total. The van der Waals surface area contributed by atoms with Crippen LogP contribution < -0.4 is 5.32 Å². The third-order valence-electron chi connectivity index (χ3n) is 7.67. The summed E-state index contributed by atoms with van der Waals surface area (Å²) >= 11 is 0. The molecule has 3 heterocycles. The Labute approximate surface area is 222 Å². The fourth-order valence-corrected chi connectivity index (χ4v) is 5.68. The van der Waals surface area contributed by atoms with E-state index < -0.39 is 46.8 Å². The molecule has 3 aromatic rings. The molecule has 8 nitrogen and oxygen atoms in total. The monoisotopic (exact) mass is 537 g/mol. The van der Waals surface area contributed by atoms with E-state index in [2.05, 4.69) is 16.4 Å². The quantitative estimate of drug-likeness (QED) is 0.478. The number of nitrogens with zero attached hydrogens (tertiary/aromatic N) is 3. The largest absolute Gasteiger partial charge is 0.348 e. The SMILES string of the molecule is CC(C)C[C@@H](C(=O)N1C[C@]2(CC1C#N)C(=O)Nc1ccccc12)N(C)C(=O)c1cc2cc(F)c(F)c(F)c2[nH]1. The van der Waals surface area contributed by atoms with Gasteiger partial charge >= 0.3 is 0 Å². The lowest BCUT2D eigenvalue weighted by Gasteiger charge is -2.33. The minimum atomic E-state index is -1.66. The Bertz CT molecular complexity index is 1560. The van der Waals surface area contributed by atoms with Crippen molar-refractivity contribution < 1.29 is 27.6 Å². The van der Waals surface area contributed by atoms with E-state index in [-0.39, 0.29) is 47.8 Å². The first-order valence-corrected chi connectivity index (χ1v) is 12.5. The van der Waals surface area contributed by atoms with Crippen LogP contribution in [0.3, 0.4) is 0 Å². The van der Waals surface area contributed by atoms with Crippen LogP contribution in [0.1, 0.15) is 42.7 Å². The van der Waals surface area contributed by atoms with E-state index in [1.807, 2.05) is 13.8 Å². The first kappa shape index (κ1) is 26.3. The number of anilines is 1. The minimum Gasteiger partial charge on any atom is -0.348 e. The number of H-pyrrole nitrogens is 1. The Morgan fingerprint density at radius 1 is 1.21 bits per heavy atom. The molecule has 0 radical (unpaired) electrons. The molecule has 1 aromatic heterocycles. The van der Waals surface area contributed by atoms with Crippen molar-refractivity contribution in [3.8, 4) is 6.07 Å². The van der Waals surface area contributed by atoms with Crippen molar-refractivity contribution in [2.75, 3.05) is 18.9 Å². The maximum absolute atomic E-state index is 14.3. The van der Waals surface area contributed by atoms with E-state index in [4.69, 9.17) is 0 Å². The van der Waals surface area contributed by atoms with Gasteiger partial charge in [-0.15, -0.1) is 0 Å². The number of likely N-dealkylation sites (N-methyl/N-ethyl adjacent to an activating group) is 1. The number of carbonyl (C=O) groups is 3. The lowest BCUT2D eigenvalue weighted by Crippen LogP contribution is -2.52. The van der Waals surface area contributed by atoms with Crippen LogP contribution in [0.2, 0.25) is 0 Å². The molecule has 3 atom stereocenters. The highest BCUT2D eigenvalue weighted by Gasteiger charge is 2.56. The minimum absolute atomic E-state index is 0.0281. The van der Waals surface area contributed by atoms with Gasteiger partial charge in [-0.05, 0) is 36.1 Å². The van der Waals surface area contributed by atoms with E-state index in [0.717, 1.165) is 11.6 Å². The number of amides is 3. The topological polar surface area (TPSA) is 109 Å². The van der Waals surface area contributed by atoms with Gasteiger partial charge in [0.1, 0.15) is 17.8 Å². The van der Waals surface area contributed by atoms with Crippen molar-refractivity contribution in [3.05, 3.63) is 65.1 Å². The molecule has 2 aliphatic heterocycles. The number of nitriles is 1. The summed E-state index contributed by atoms with van der Waals surface area (Å²) < 4.78 is 41.7. The first-order valence-electron chi connectivity index (χ1n) is 12.5. The molecule has 39 heavy (non-hydrogen) atoms. The van der Waals surface area contributed by atoms with E-state index in [1.54, 1.807) is 24.3 Å². The van der Waals surface area contributed by atoms with Crippen LogP contribution in [0.15, 0.2) is 36.4 Å². The van der Waals surface area contributed by atoms with E-state index in [9.17, 15) is 32.8 Å². The van der Waals surface area contributed by atoms with Gasteiger partial charge in [0, 0.05) is 31.1 Å². The summed E-state index contributed by atoms with van der Waals surface area (Å²) in [5, 5.41) is 12.8. The maximum Gasteiger partial charge on any atom is 0.270 e. The van der Waals surface area contributed by atoms with Crippen molar-refractivity contribution in [3.63, 3.8) is 0 Å². The first-order chi connectivity index (χ1) is 18.5. The number of hydrogen-bond acceptors (Lipinski definition) is 4. The van der Waals surface area contributed by atoms with E-state index in [1.165, 1.54) is 22.9 Å². The summed E-state index contributed by atoms with van der Waals surface area (Å²) in [7, 11) is 1.40. The van der Waals surface area contributed by atoms with Gasteiger partial charge in [0.2, 0.25) is 11.8 Å². The molecule has 2 aromatic carbocycles. The van der Waals surface area contributed by atoms with Gasteiger partial charge in [-0.3, -0.25) is 14.4 Å². The number of hydrogen-bond donors (Lipinski definition) is 2. The standard InChI is InChI=1S/C28H26F3N5O3/c1-14(2)8-21(35(3)25(37)20-10-15-9-18(29)22(30)23(31)24(15)33-20)26(38)36-13-28(11-16(36)12-32)17-6-4-5-7-19(17)34-27(28)39/h4-7,9-10,14,16,21,33H,8,11,13H2,1-3H3,(H,34,39)/t16?,21-,28-/m0/s1. The Hall–Kier alpha value is -4.33. The number of benzene rings is 2. The van der Waals surface area contributed by atoms with Crippen molar-refractivity contribution in [2.24, 2.45) is 5.92 Å². The normalized spacial score (nSPS) is 20.8. The van der Waals surface area contributed by atoms with Crippen LogP contribution in [0, 0.1) is 34.7 Å². The molecule has 202 valence electrons. The fraction of sp³-hybridized carbons (Fsp3) is 0.357. The molecule has 1 spiro atoms. The van der Waals surface area contributed by atoms with Crippen LogP contribution in [-0.2, 0) is 15.0 Å².